The molecule has 0 saturated heterocycles. The van der Waals surface area contributed by atoms with E-state index in [0.717, 1.165) is 66.7 Å². The fourth-order valence-corrected chi connectivity index (χ4v) is 9.88. The van der Waals surface area contributed by atoms with Gasteiger partial charge in [0, 0.05) is 27.5 Å². The van der Waals surface area contributed by atoms with Crippen LogP contribution in [0.4, 0.5) is 0 Å². The third kappa shape index (κ3) is 5.67. The number of para-hydroxylation sites is 1. The second-order valence-electron chi connectivity index (χ2n) is 16.0. The molecular formula is C59H38N2O. The third-order valence-corrected chi connectivity index (χ3v) is 12.6. The highest BCUT2D eigenvalue weighted by atomic mass is 16.3. The van der Waals surface area contributed by atoms with Crippen LogP contribution in [-0.4, -0.2) is 9.97 Å². The first-order valence-corrected chi connectivity index (χ1v) is 21.1. The largest absolute Gasteiger partial charge is 0.456 e. The van der Waals surface area contributed by atoms with Crippen LogP contribution < -0.4 is 0 Å². The highest BCUT2D eigenvalue weighted by Gasteiger charge is 2.46. The Morgan fingerprint density at radius 3 is 1.66 bits per heavy atom. The van der Waals surface area contributed by atoms with Gasteiger partial charge in [-0.05, 0) is 86.0 Å². The standard InChI is InChI=1S/C59H38N2O/c1-4-18-39(19-5-1)58-60-53(38-54(61-58)47-27-11-10-26-45(47)41-34-35-56-50(37-41)48-28-13-15-33-55(48)62-56)42-21-16-20-40(36-42)46-30-17-32-52-57(46)49-29-12-14-31-51(49)59(52,43-22-6-2-7-23-43)44-24-8-3-9-25-44/h1-38H. The van der Waals surface area contributed by atoms with Gasteiger partial charge >= 0.3 is 0 Å². The number of benzene rings is 9. The lowest BCUT2D eigenvalue weighted by atomic mass is 9.67. The predicted molar refractivity (Wildman–Crippen MR) is 254 cm³/mol. The van der Waals surface area contributed by atoms with Crippen molar-refractivity contribution < 1.29 is 4.42 Å². The molecule has 9 aromatic carbocycles. The summed E-state index contributed by atoms with van der Waals surface area (Å²) >= 11 is 0. The average Bonchev–Trinajstić information content (AvgIpc) is 3.88. The smallest absolute Gasteiger partial charge is 0.160 e. The second-order valence-corrected chi connectivity index (χ2v) is 16.0. The summed E-state index contributed by atoms with van der Waals surface area (Å²) in [5.74, 6) is 0.680. The summed E-state index contributed by atoms with van der Waals surface area (Å²) in [6, 6.07) is 82.3. The molecule has 11 aromatic rings. The summed E-state index contributed by atoms with van der Waals surface area (Å²) in [4.78, 5) is 10.6. The van der Waals surface area contributed by atoms with Gasteiger partial charge in [-0.15, -0.1) is 0 Å². The van der Waals surface area contributed by atoms with Crippen molar-refractivity contribution in [3.05, 3.63) is 253 Å². The summed E-state index contributed by atoms with van der Waals surface area (Å²) < 4.78 is 6.20. The zero-order chi connectivity index (χ0) is 41.0. The van der Waals surface area contributed by atoms with Gasteiger partial charge in [0.2, 0.25) is 0 Å². The maximum absolute atomic E-state index is 6.20. The average molecular weight is 791 g/mol. The molecule has 0 saturated carbocycles. The lowest BCUT2D eigenvalue weighted by Gasteiger charge is -2.34. The number of hydrogen-bond donors (Lipinski definition) is 0. The first-order valence-electron chi connectivity index (χ1n) is 21.1. The Morgan fingerprint density at radius 2 is 0.871 bits per heavy atom. The summed E-state index contributed by atoms with van der Waals surface area (Å²) in [6.45, 7) is 0. The van der Waals surface area contributed by atoms with E-state index in [1.165, 1.54) is 38.9 Å². The minimum atomic E-state index is -0.475. The molecule has 1 aliphatic rings. The number of rotatable bonds is 7. The molecule has 0 aliphatic heterocycles. The Morgan fingerprint density at radius 1 is 0.323 bits per heavy atom. The summed E-state index contributed by atoms with van der Waals surface area (Å²) in [5, 5.41) is 2.20. The minimum absolute atomic E-state index is 0.475. The van der Waals surface area contributed by atoms with Crippen molar-refractivity contribution in [2.45, 2.75) is 5.41 Å². The Bertz CT molecular complexity index is 3420. The molecular weight excluding hydrogens is 753 g/mol. The highest BCUT2D eigenvalue weighted by molar-refractivity contribution is 6.07. The molecule has 1 aliphatic carbocycles. The highest BCUT2D eigenvalue weighted by Crippen LogP contribution is 2.58. The fourth-order valence-electron chi connectivity index (χ4n) is 9.88. The van der Waals surface area contributed by atoms with Gasteiger partial charge in [0.15, 0.2) is 5.82 Å². The molecule has 0 spiro atoms. The van der Waals surface area contributed by atoms with Crippen LogP contribution in [0.3, 0.4) is 0 Å². The van der Waals surface area contributed by atoms with E-state index in [-0.39, 0.29) is 0 Å². The maximum Gasteiger partial charge on any atom is 0.160 e. The second kappa shape index (κ2) is 14.5. The Kier molecular flexibility index (Phi) is 8.39. The lowest BCUT2D eigenvalue weighted by molar-refractivity contribution is 0.669. The molecule has 3 heteroatoms. The van der Waals surface area contributed by atoms with Crippen molar-refractivity contribution in [1.82, 2.24) is 9.97 Å². The summed E-state index contributed by atoms with van der Waals surface area (Å²) in [7, 11) is 0. The molecule has 290 valence electrons. The van der Waals surface area contributed by atoms with E-state index >= 15 is 0 Å². The first-order chi connectivity index (χ1) is 30.7. The molecule has 0 fully saturated rings. The Hall–Kier alpha value is -8.14. The molecule has 0 radical (unpaired) electrons. The van der Waals surface area contributed by atoms with Gasteiger partial charge in [-0.1, -0.05) is 200 Å². The third-order valence-electron chi connectivity index (χ3n) is 12.6. The summed E-state index contributed by atoms with van der Waals surface area (Å²) in [6.07, 6.45) is 0. The van der Waals surface area contributed by atoms with Crippen LogP contribution in [0.25, 0.3) is 89.2 Å². The molecule has 0 N–H and O–H groups in total. The van der Waals surface area contributed by atoms with Gasteiger partial charge in [-0.3, -0.25) is 0 Å². The van der Waals surface area contributed by atoms with E-state index in [2.05, 4.69) is 200 Å². The molecule has 0 unspecified atom stereocenters. The van der Waals surface area contributed by atoms with Gasteiger partial charge in [-0.25, -0.2) is 9.97 Å². The molecule has 0 bridgehead atoms. The van der Waals surface area contributed by atoms with Gasteiger partial charge < -0.3 is 4.42 Å². The normalized spacial score (nSPS) is 12.6. The fraction of sp³-hybridized carbons (Fsp3) is 0.0169. The predicted octanol–water partition coefficient (Wildman–Crippen LogP) is 15.1. The zero-order valence-corrected chi connectivity index (χ0v) is 33.7. The molecule has 62 heavy (non-hydrogen) atoms. The monoisotopic (exact) mass is 790 g/mol. The molecule has 2 heterocycles. The van der Waals surface area contributed by atoms with Crippen molar-refractivity contribution in [1.29, 1.82) is 0 Å². The summed E-state index contributed by atoms with van der Waals surface area (Å²) in [5.41, 5.74) is 18.1. The molecule has 12 rings (SSSR count). The lowest BCUT2D eigenvalue weighted by Crippen LogP contribution is -2.28. The number of furan rings is 1. The van der Waals surface area contributed by atoms with E-state index < -0.39 is 5.41 Å². The minimum Gasteiger partial charge on any atom is -0.456 e. The number of nitrogens with zero attached hydrogens (tertiary/aromatic N) is 2. The van der Waals surface area contributed by atoms with Crippen molar-refractivity contribution in [3.63, 3.8) is 0 Å². The van der Waals surface area contributed by atoms with Gasteiger partial charge in [-0.2, -0.15) is 0 Å². The van der Waals surface area contributed by atoms with Crippen molar-refractivity contribution in [2.75, 3.05) is 0 Å². The topological polar surface area (TPSA) is 38.9 Å². The number of aromatic nitrogens is 2. The maximum atomic E-state index is 6.20. The van der Waals surface area contributed by atoms with Gasteiger partial charge in [0.05, 0.1) is 16.8 Å². The Labute approximate surface area is 360 Å². The SMILES string of the molecule is c1ccc(-c2nc(-c3cccc(-c4cccc5c4-c4ccccc4C5(c4ccccc4)c4ccccc4)c3)cc(-c3ccccc3-c3ccc4oc5ccccc5c4c3)n2)cc1. The van der Waals surface area contributed by atoms with E-state index in [0.29, 0.717) is 5.82 Å². The van der Waals surface area contributed by atoms with Crippen molar-refractivity contribution in [2.24, 2.45) is 0 Å². The molecule has 3 nitrogen and oxygen atoms in total. The van der Waals surface area contributed by atoms with Crippen LogP contribution in [0.5, 0.6) is 0 Å². The molecule has 0 amide bonds. The van der Waals surface area contributed by atoms with Crippen LogP contribution in [-0.2, 0) is 5.41 Å². The van der Waals surface area contributed by atoms with Gasteiger partial charge in [0.1, 0.15) is 11.2 Å². The van der Waals surface area contributed by atoms with E-state index in [1.807, 2.05) is 30.3 Å². The Balaban J connectivity index is 1.03. The van der Waals surface area contributed by atoms with Crippen LogP contribution in [0.15, 0.2) is 235 Å². The van der Waals surface area contributed by atoms with Gasteiger partial charge in [0.25, 0.3) is 0 Å². The van der Waals surface area contributed by atoms with Crippen LogP contribution >= 0.6 is 0 Å². The number of hydrogen-bond acceptors (Lipinski definition) is 3. The molecule has 0 atom stereocenters. The van der Waals surface area contributed by atoms with Crippen LogP contribution in [0.2, 0.25) is 0 Å². The molecule has 2 aromatic heterocycles. The van der Waals surface area contributed by atoms with Crippen molar-refractivity contribution in [3.8, 4) is 67.3 Å². The van der Waals surface area contributed by atoms with Crippen molar-refractivity contribution >= 4 is 21.9 Å². The number of fused-ring (bicyclic) bond motifs is 6. The first kappa shape index (κ1) is 35.8. The quantitative estimate of drug-likeness (QED) is 0.161. The van der Waals surface area contributed by atoms with E-state index in [9.17, 15) is 0 Å². The van der Waals surface area contributed by atoms with E-state index in [4.69, 9.17) is 14.4 Å². The van der Waals surface area contributed by atoms with E-state index in [1.54, 1.807) is 0 Å². The zero-order valence-electron chi connectivity index (χ0n) is 33.7. The van der Waals surface area contributed by atoms with Crippen LogP contribution in [0.1, 0.15) is 22.3 Å². The van der Waals surface area contributed by atoms with Crippen LogP contribution in [0, 0.1) is 0 Å².